The van der Waals surface area contributed by atoms with Gasteiger partial charge in [-0.25, -0.2) is 14.2 Å². The number of nitriles is 1. The first kappa shape index (κ1) is 19.6. The van der Waals surface area contributed by atoms with Crippen molar-refractivity contribution in [2.24, 2.45) is 0 Å². The number of para-hydroxylation sites is 1. The quantitative estimate of drug-likeness (QED) is 0.263. The minimum atomic E-state index is -0.701. The van der Waals surface area contributed by atoms with Crippen LogP contribution in [-0.2, 0) is 0 Å². The first-order valence-electron chi connectivity index (χ1n) is 8.91. The van der Waals surface area contributed by atoms with Gasteiger partial charge in [0.2, 0.25) is 0 Å². The molecule has 30 heavy (non-hydrogen) atoms. The van der Waals surface area contributed by atoms with Crippen LogP contribution in [0.4, 0.5) is 4.39 Å². The van der Waals surface area contributed by atoms with Gasteiger partial charge in [0.05, 0.1) is 17.0 Å². The van der Waals surface area contributed by atoms with Crippen molar-refractivity contribution >= 4 is 28.5 Å². The Balaban J connectivity index is 1.60. The van der Waals surface area contributed by atoms with Gasteiger partial charge in [0.15, 0.2) is 5.78 Å². The summed E-state index contributed by atoms with van der Waals surface area (Å²) >= 11 is 1.06. The van der Waals surface area contributed by atoms with Crippen molar-refractivity contribution in [3.8, 4) is 17.3 Å². The lowest BCUT2D eigenvalue weighted by molar-refractivity contribution is 0.101. The number of rotatable bonds is 5. The molecule has 0 amide bonds. The van der Waals surface area contributed by atoms with E-state index in [0.717, 1.165) is 11.8 Å². The smallest absolute Gasteiger partial charge is 0.347 e. The van der Waals surface area contributed by atoms with E-state index in [2.05, 4.69) is 4.98 Å². The van der Waals surface area contributed by atoms with Gasteiger partial charge in [0, 0.05) is 10.9 Å². The van der Waals surface area contributed by atoms with Crippen molar-refractivity contribution in [2.45, 2.75) is 5.03 Å². The van der Waals surface area contributed by atoms with Crippen molar-refractivity contribution < 1.29 is 13.6 Å². The van der Waals surface area contributed by atoms with Gasteiger partial charge < -0.3 is 4.42 Å². The molecule has 0 aliphatic rings. The fraction of sp³-hybridized carbons (Fsp3) is 0.0435. The van der Waals surface area contributed by atoms with Crippen LogP contribution in [0.2, 0.25) is 0 Å². The van der Waals surface area contributed by atoms with E-state index in [1.54, 1.807) is 48.5 Å². The number of halogens is 1. The van der Waals surface area contributed by atoms with Gasteiger partial charge in [0.25, 0.3) is 0 Å². The van der Waals surface area contributed by atoms with E-state index in [4.69, 9.17) is 4.42 Å². The van der Waals surface area contributed by atoms with E-state index < -0.39 is 11.4 Å². The summed E-state index contributed by atoms with van der Waals surface area (Å²) in [6.45, 7) is 0. The molecule has 0 atom stereocenters. The first-order chi connectivity index (χ1) is 14.5. The zero-order valence-corrected chi connectivity index (χ0v) is 16.3. The lowest BCUT2D eigenvalue weighted by Crippen LogP contribution is -2.15. The molecule has 4 rings (SSSR count). The number of fused-ring (bicyclic) bond motifs is 1. The molecule has 0 aliphatic heterocycles. The molecule has 0 spiro atoms. The first-order valence-corrected chi connectivity index (χ1v) is 9.90. The SMILES string of the molecule is N#Cc1ccc(-c2ccc(F)cc2)nc1SCC(=O)c1cc2ccccc2oc1=O. The van der Waals surface area contributed by atoms with Crippen LogP contribution in [0.1, 0.15) is 15.9 Å². The molecule has 0 aliphatic carbocycles. The van der Waals surface area contributed by atoms with Crippen molar-refractivity contribution in [1.82, 2.24) is 4.98 Å². The van der Waals surface area contributed by atoms with Gasteiger partial charge >= 0.3 is 5.63 Å². The maximum absolute atomic E-state index is 13.2. The Bertz CT molecular complexity index is 1360. The van der Waals surface area contributed by atoms with Gasteiger partial charge in [-0.1, -0.05) is 30.0 Å². The molecule has 146 valence electrons. The van der Waals surface area contributed by atoms with Crippen LogP contribution >= 0.6 is 11.8 Å². The minimum Gasteiger partial charge on any atom is -0.422 e. The van der Waals surface area contributed by atoms with E-state index >= 15 is 0 Å². The number of aromatic nitrogens is 1. The lowest BCUT2D eigenvalue weighted by atomic mass is 10.1. The Morgan fingerprint density at radius 1 is 1.10 bits per heavy atom. The molecular weight excluding hydrogens is 403 g/mol. The molecule has 0 unspecified atom stereocenters. The number of hydrogen-bond acceptors (Lipinski definition) is 6. The Morgan fingerprint density at radius 3 is 2.63 bits per heavy atom. The number of carbonyl (C=O) groups is 1. The monoisotopic (exact) mass is 416 g/mol. The van der Waals surface area contributed by atoms with Crippen molar-refractivity contribution in [2.75, 3.05) is 5.75 Å². The normalized spacial score (nSPS) is 10.7. The number of nitrogens with zero attached hydrogens (tertiary/aromatic N) is 2. The maximum Gasteiger partial charge on any atom is 0.347 e. The molecular formula is C23H13FN2O3S. The summed E-state index contributed by atoms with van der Waals surface area (Å²) in [5.74, 6) is -0.864. The highest BCUT2D eigenvalue weighted by Crippen LogP contribution is 2.26. The van der Waals surface area contributed by atoms with E-state index in [9.17, 15) is 19.2 Å². The predicted molar refractivity (Wildman–Crippen MR) is 112 cm³/mol. The number of carbonyl (C=O) groups excluding carboxylic acids is 1. The van der Waals surface area contributed by atoms with Gasteiger partial charge in [0.1, 0.15) is 28.1 Å². The number of pyridine rings is 1. The number of hydrogen-bond donors (Lipinski definition) is 0. The predicted octanol–water partition coefficient (Wildman–Crippen LogP) is 4.84. The van der Waals surface area contributed by atoms with E-state index in [1.807, 2.05) is 6.07 Å². The second kappa shape index (κ2) is 8.31. The molecule has 0 saturated carbocycles. The van der Waals surface area contributed by atoms with Gasteiger partial charge in [-0.05, 0) is 48.5 Å². The maximum atomic E-state index is 13.2. The second-order valence-corrected chi connectivity index (χ2v) is 7.33. The Kier molecular flexibility index (Phi) is 5.42. The van der Waals surface area contributed by atoms with Crippen LogP contribution in [0.3, 0.4) is 0 Å². The lowest BCUT2D eigenvalue weighted by Gasteiger charge is -2.07. The average Bonchev–Trinajstić information content (AvgIpc) is 2.77. The fourth-order valence-corrected chi connectivity index (χ4v) is 3.74. The highest BCUT2D eigenvalue weighted by molar-refractivity contribution is 8.00. The summed E-state index contributed by atoms with van der Waals surface area (Å²) in [5.41, 5.74) is 1.21. The molecule has 2 heterocycles. The van der Waals surface area contributed by atoms with Crippen LogP contribution in [0.15, 0.2) is 81.0 Å². The molecule has 7 heteroatoms. The third-order valence-electron chi connectivity index (χ3n) is 4.40. The third kappa shape index (κ3) is 4.00. The Morgan fingerprint density at radius 2 is 1.87 bits per heavy atom. The van der Waals surface area contributed by atoms with E-state index in [-0.39, 0.29) is 17.1 Å². The fourth-order valence-electron chi connectivity index (χ4n) is 2.88. The van der Waals surface area contributed by atoms with Gasteiger partial charge in [-0.15, -0.1) is 0 Å². The molecule has 0 fully saturated rings. The van der Waals surface area contributed by atoms with Crippen LogP contribution < -0.4 is 5.63 Å². The summed E-state index contributed by atoms with van der Waals surface area (Å²) in [6, 6.07) is 19.6. The van der Waals surface area contributed by atoms with Crippen molar-refractivity contribution in [3.05, 3.63) is 94.1 Å². The van der Waals surface area contributed by atoms with E-state index in [0.29, 0.717) is 32.8 Å². The van der Waals surface area contributed by atoms with Crippen LogP contribution in [0.25, 0.3) is 22.2 Å². The third-order valence-corrected chi connectivity index (χ3v) is 5.39. The number of thioether (sulfide) groups is 1. The molecule has 5 nitrogen and oxygen atoms in total. The second-order valence-electron chi connectivity index (χ2n) is 6.37. The van der Waals surface area contributed by atoms with Gasteiger partial charge in [-0.3, -0.25) is 4.79 Å². The van der Waals surface area contributed by atoms with Crippen LogP contribution in [0.5, 0.6) is 0 Å². The summed E-state index contributed by atoms with van der Waals surface area (Å²) in [4.78, 5) is 29.3. The molecule has 0 N–H and O–H groups in total. The highest BCUT2D eigenvalue weighted by atomic mass is 32.2. The van der Waals surface area contributed by atoms with Crippen molar-refractivity contribution in [1.29, 1.82) is 5.26 Å². The number of Topliss-reactive ketones (excluding diaryl/α,β-unsaturated/α-hetero) is 1. The van der Waals surface area contributed by atoms with Crippen molar-refractivity contribution in [3.63, 3.8) is 0 Å². The van der Waals surface area contributed by atoms with Crippen LogP contribution in [0, 0.1) is 17.1 Å². The standard InChI is InChI=1S/C23H13FN2O3S/c24-17-8-5-14(6-9-17)19-10-7-16(12-25)22(26-19)30-13-20(27)18-11-15-3-1-2-4-21(15)29-23(18)28/h1-11H,13H2. The average molecular weight is 416 g/mol. The number of benzene rings is 2. The number of ketones is 1. The molecule has 0 radical (unpaired) electrons. The minimum absolute atomic E-state index is 0.0469. The zero-order chi connectivity index (χ0) is 21.1. The summed E-state index contributed by atoms with van der Waals surface area (Å²) in [6.07, 6.45) is 0. The topological polar surface area (TPSA) is 84.0 Å². The molecule has 0 saturated heterocycles. The zero-order valence-electron chi connectivity index (χ0n) is 15.5. The molecule has 2 aromatic carbocycles. The highest BCUT2D eigenvalue weighted by Gasteiger charge is 2.16. The largest absolute Gasteiger partial charge is 0.422 e. The molecule has 4 aromatic rings. The Hall–Kier alpha value is -3.76. The van der Waals surface area contributed by atoms with Crippen LogP contribution in [-0.4, -0.2) is 16.5 Å². The molecule has 2 aromatic heterocycles. The van der Waals surface area contributed by atoms with Gasteiger partial charge in [-0.2, -0.15) is 5.26 Å². The summed E-state index contributed by atoms with van der Waals surface area (Å²) < 4.78 is 18.4. The summed E-state index contributed by atoms with van der Waals surface area (Å²) in [5, 5.41) is 10.4. The molecule has 0 bridgehead atoms. The van der Waals surface area contributed by atoms with E-state index in [1.165, 1.54) is 18.2 Å². The Labute approximate surface area is 174 Å². The summed E-state index contributed by atoms with van der Waals surface area (Å²) in [7, 11) is 0.